The molecule has 0 radical (unpaired) electrons. The molecule has 10 aromatic rings. The molecule has 2 nitrogen and oxygen atoms in total. The van der Waals surface area contributed by atoms with Gasteiger partial charge in [-0.25, -0.2) is 0 Å². The van der Waals surface area contributed by atoms with Crippen molar-refractivity contribution in [2.45, 2.75) is 51.4 Å². The van der Waals surface area contributed by atoms with Gasteiger partial charge >= 0.3 is 0 Å². The Hall–Kier alpha value is -7.16. The summed E-state index contributed by atoms with van der Waals surface area (Å²) < 4.78 is 2.58. The quantitative estimate of drug-likeness (QED) is 0.156. The van der Waals surface area contributed by atoms with Gasteiger partial charge in [0.2, 0.25) is 0 Å². The Morgan fingerprint density at radius 1 is 0.403 bits per heavy atom. The predicted molar refractivity (Wildman–Crippen MR) is 265 cm³/mol. The lowest BCUT2D eigenvalue weighted by molar-refractivity contribution is 0.331. The number of rotatable bonds is 7. The highest BCUT2D eigenvalue weighted by molar-refractivity contribution is 6.23. The van der Waals surface area contributed by atoms with E-state index in [1.54, 1.807) is 0 Å². The zero-order valence-electron chi connectivity index (χ0n) is 35.9. The molecule has 0 amide bonds. The van der Waals surface area contributed by atoms with Crippen LogP contribution in [0, 0.1) is 0 Å². The van der Waals surface area contributed by atoms with E-state index < -0.39 is 0 Å². The molecule has 9 aromatic carbocycles. The number of fused-ring (bicyclic) bond motifs is 5. The van der Waals surface area contributed by atoms with Crippen molar-refractivity contribution in [3.8, 4) is 39.1 Å². The third kappa shape index (κ3) is 6.32. The lowest BCUT2D eigenvalue weighted by Crippen LogP contribution is -2.35. The number of aromatic nitrogens is 1. The summed E-state index contributed by atoms with van der Waals surface area (Å²) >= 11 is 0. The minimum absolute atomic E-state index is 0.0459. The Morgan fingerprint density at radius 2 is 0.887 bits per heavy atom. The third-order valence-corrected chi connectivity index (χ3v) is 13.6. The van der Waals surface area contributed by atoms with Crippen molar-refractivity contribution in [1.82, 2.24) is 4.57 Å². The van der Waals surface area contributed by atoms with Crippen LogP contribution in [0.15, 0.2) is 206 Å². The lowest BCUT2D eigenvalue weighted by atomic mass is 9.62. The number of nitrogens with zero attached hydrogens (tertiary/aromatic N) is 2. The van der Waals surface area contributed by atoms with Crippen molar-refractivity contribution in [2.75, 3.05) is 4.90 Å². The summed E-state index contributed by atoms with van der Waals surface area (Å²) in [6.07, 6.45) is 2.34. The fourth-order valence-electron chi connectivity index (χ4n) is 10.3. The largest absolute Gasteiger partial charge is 0.311 e. The first-order chi connectivity index (χ1) is 30.2. The van der Waals surface area contributed by atoms with E-state index in [0.29, 0.717) is 0 Å². The molecule has 11 rings (SSSR count). The normalized spacial score (nSPS) is 14.3. The molecule has 0 bridgehead atoms. The van der Waals surface area contributed by atoms with Gasteiger partial charge in [-0.2, -0.15) is 0 Å². The maximum Gasteiger partial charge on any atom is 0.0553 e. The molecule has 0 N–H and O–H groups in total. The van der Waals surface area contributed by atoms with Crippen LogP contribution in [-0.4, -0.2) is 4.57 Å². The zero-order valence-corrected chi connectivity index (χ0v) is 35.9. The Kier molecular flexibility index (Phi) is 9.02. The maximum absolute atomic E-state index is 2.58. The molecule has 0 atom stereocenters. The average Bonchev–Trinajstić information content (AvgIpc) is 3.64. The first-order valence-electron chi connectivity index (χ1n) is 22.1. The van der Waals surface area contributed by atoms with E-state index in [1.807, 2.05) is 0 Å². The van der Waals surface area contributed by atoms with Gasteiger partial charge in [0.25, 0.3) is 0 Å². The van der Waals surface area contributed by atoms with Gasteiger partial charge in [0.1, 0.15) is 0 Å². The van der Waals surface area contributed by atoms with E-state index in [4.69, 9.17) is 0 Å². The summed E-state index contributed by atoms with van der Waals surface area (Å²) in [6, 6.07) is 75.9. The highest BCUT2D eigenvalue weighted by Crippen LogP contribution is 2.50. The topological polar surface area (TPSA) is 8.17 Å². The summed E-state index contributed by atoms with van der Waals surface area (Å²) in [6.45, 7) is 9.73. The van der Waals surface area contributed by atoms with Crippen molar-refractivity contribution < 1.29 is 0 Å². The van der Waals surface area contributed by atoms with Crippen LogP contribution in [0.4, 0.5) is 17.1 Å². The summed E-state index contributed by atoms with van der Waals surface area (Å²) in [4.78, 5) is 2.37. The van der Waals surface area contributed by atoms with Gasteiger partial charge in [-0.05, 0) is 134 Å². The van der Waals surface area contributed by atoms with Crippen molar-refractivity contribution >= 4 is 49.6 Å². The number of hydrogen-bond donors (Lipinski definition) is 0. The number of hydrogen-bond acceptors (Lipinski definition) is 1. The minimum atomic E-state index is 0.0459. The smallest absolute Gasteiger partial charge is 0.0553 e. The van der Waals surface area contributed by atoms with Crippen molar-refractivity contribution in [1.29, 1.82) is 0 Å². The van der Waals surface area contributed by atoms with E-state index in [2.05, 4.69) is 243 Å². The highest BCUT2D eigenvalue weighted by atomic mass is 15.1. The second-order valence-corrected chi connectivity index (χ2v) is 18.4. The van der Waals surface area contributed by atoms with Crippen LogP contribution >= 0.6 is 0 Å². The SMILES string of the molecule is CC1(C)CCC(C)(C)c2c(-n3c4ccccc4c4c(-c5ccc(N(c6ccc(-c7ccccc7)cc6)c6ccc(-c7ccccc7)cc6)cc5)c5ccccc5cc43)cccc21. The van der Waals surface area contributed by atoms with Crippen molar-refractivity contribution in [3.05, 3.63) is 217 Å². The second kappa shape index (κ2) is 14.8. The molecule has 1 heterocycles. The van der Waals surface area contributed by atoms with Gasteiger partial charge in [0, 0.05) is 27.8 Å². The van der Waals surface area contributed by atoms with E-state index in [9.17, 15) is 0 Å². The van der Waals surface area contributed by atoms with Gasteiger partial charge in [-0.3, -0.25) is 0 Å². The van der Waals surface area contributed by atoms with Crippen molar-refractivity contribution in [2.24, 2.45) is 0 Å². The van der Waals surface area contributed by atoms with Crippen molar-refractivity contribution in [3.63, 3.8) is 0 Å². The Morgan fingerprint density at radius 3 is 1.48 bits per heavy atom. The second-order valence-electron chi connectivity index (χ2n) is 18.4. The van der Waals surface area contributed by atoms with E-state index >= 15 is 0 Å². The molecule has 0 saturated heterocycles. The van der Waals surface area contributed by atoms with E-state index in [0.717, 1.165) is 23.5 Å². The van der Waals surface area contributed by atoms with Crippen LogP contribution in [0.2, 0.25) is 0 Å². The van der Waals surface area contributed by atoms with Crippen LogP contribution < -0.4 is 4.90 Å². The monoisotopic (exact) mass is 798 g/mol. The van der Waals surface area contributed by atoms with Crippen LogP contribution in [0.1, 0.15) is 51.7 Å². The summed E-state index contributed by atoms with van der Waals surface area (Å²) in [5.41, 5.74) is 17.5. The maximum atomic E-state index is 2.58. The van der Waals surface area contributed by atoms with Gasteiger partial charge in [-0.15, -0.1) is 0 Å². The number of para-hydroxylation sites is 1. The van der Waals surface area contributed by atoms with Gasteiger partial charge in [0.05, 0.1) is 16.7 Å². The van der Waals surface area contributed by atoms with Gasteiger partial charge in [0.15, 0.2) is 0 Å². The number of benzene rings is 9. The molecule has 62 heavy (non-hydrogen) atoms. The average molecular weight is 799 g/mol. The standard InChI is InChI=1S/C60H50N2/c1-59(2)38-39-60(3,4)58-52(59)23-15-25-54(58)62-53-24-14-13-22-51(53)57-55(62)40-46-20-11-12-21-50(46)56(57)45-30-36-49(37-31-45)61(47-32-26-43(27-33-47)41-16-7-5-8-17-41)48-34-28-44(29-35-48)42-18-9-6-10-19-42/h5-37,40H,38-39H2,1-4H3. The fourth-order valence-corrected chi connectivity index (χ4v) is 10.3. The molecule has 2 heteroatoms. The fraction of sp³-hybridized carbons (Fsp3) is 0.133. The van der Waals surface area contributed by atoms with Gasteiger partial charge in [-0.1, -0.05) is 179 Å². The Bertz CT molecular complexity index is 3160. The molecule has 0 aliphatic heterocycles. The summed E-state index contributed by atoms with van der Waals surface area (Å²) in [5.74, 6) is 0. The van der Waals surface area contributed by atoms with E-state index in [-0.39, 0.29) is 10.8 Å². The molecule has 0 unspecified atom stereocenters. The summed E-state index contributed by atoms with van der Waals surface area (Å²) in [7, 11) is 0. The van der Waals surface area contributed by atoms with Crippen LogP contribution in [0.5, 0.6) is 0 Å². The minimum Gasteiger partial charge on any atom is -0.311 e. The lowest BCUT2D eigenvalue weighted by Gasteiger charge is -2.43. The van der Waals surface area contributed by atoms with Crippen LogP contribution in [-0.2, 0) is 10.8 Å². The molecular formula is C60H50N2. The molecule has 0 saturated carbocycles. The Balaban J connectivity index is 1.09. The van der Waals surface area contributed by atoms with Crippen LogP contribution in [0.25, 0.3) is 71.6 Å². The first-order valence-corrected chi connectivity index (χ1v) is 22.1. The first kappa shape index (κ1) is 37.8. The molecular weight excluding hydrogens is 749 g/mol. The van der Waals surface area contributed by atoms with Gasteiger partial charge < -0.3 is 9.47 Å². The molecule has 1 aromatic heterocycles. The zero-order chi connectivity index (χ0) is 42.0. The van der Waals surface area contributed by atoms with E-state index in [1.165, 1.54) is 89.2 Å². The predicted octanol–water partition coefficient (Wildman–Crippen LogP) is 16.8. The number of anilines is 3. The third-order valence-electron chi connectivity index (χ3n) is 13.6. The molecule has 1 aliphatic rings. The van der Waals surface area contributed by atoms with Crippen LogP contribution in [0.3, 0.4) is 0 Å². The molecule has 300 valence electrons. The Labute approximate surface area is 365 Å². The molecule has 1 aliphatic carbocycles. The summed E-state index contributed by atoms with van der Waals surface area (Å²) in [5, 5.41) is 5.07. The molecule has 0 spiro atoms. The highest BCUT2D eigenvalue weighted by Gasteiger charge is 2.39. The molecule has 0 fully saturated rings.